The molecule has 0 aliphatic rings. The van der Waals surface area contributed by atoms with Gasteiger partial charge in [0.1, 0.15) is 5.54 Å². The average Bonchev–Trinajstić information content (AvgIpc) is 2.45. The molecule has 0 heterocycles. The summed E-state index contributed by atoms with van der Waals surface area (Å²) >= 11 is 1.85. The van der Waals surface area contributed by atoms with Crippen molar-refractivity contribution >= 4 is 17.7 Å². The van der Waals surface area contributed by atoms with Crippen LogP contribution >= 0.6 is 11.8 Å². The van der Waals surface area contributed by atoms with Crippen molar-refractivity contribution < 1.29 is 9.53 Å². The predicted octanol–water partition coefficient (Wildman–Crippen LogP) is 3.33. The number of esters is 1. The summed E-state index contributed by atoms with van der Waals surface area (Å²) in [5, 5.41) is 3.06. The first-order valence-corrected chi connectivity index (χ1v) is 7.89. The zero-order chi connectivity index (χ0) is 15.2. The number of benzene rings is 1. The number of carbonyl (C=O) groups is 1. The maximum atomic E-state index is 11.7. The molecule has 112 valence electrons. The molecule has 4 heteroatoms. The third kappa shape index (κ3) is 4.53. The number of thioether (sulfide) groups is 1. The number of hydrogen-bond donors (Lipinski definition) is 1. The van der Waals surface area contributed by atoms with Gasteiger partial charge in [0, 0.05) is 4.90 Å². The van der Waals surface area contributed by atoms with Crippen LogP contribution in [-0.4, -0.2) is 31.4 Å². The fourth-order valence-corrected chi connectivity index (χ4v) is 3.10. The van der Waals surface area contributed by atoms with Gasteiger partial charge < -0.3 is 10.1 Å². The minimum atomic E-state index is -0.586. The van der Waals surface area contributed by atoms with Gasteiger partial charge >= 0.3 is 5.97 Å². The van der Waals surface area contributed by atoms with E-state index in [1.165, 1.54) is 23.1 Å². The lowest BCUT2D eigenvalue weighted by atomic mass is 9.97. The van der Waals surface area contributed by atoms with Crippen LogP contribution in [-0.2, 0) is 9.53 Å². The zero-order valence-corrected chi connectivity index (χ0v) is 13.9. The highest BCUT2D eigenvalue weighted by Gasteiger charge is 2.31. The minimum Gasteiger partial charge on any atom is -0.468 e. The van der Waals surface area contributed by atoms with Crippen molar-refractivity contribution in [2.24, 2.45) is 0 Å². The van der Waals surface area contributed by atoms with E-state index >= 15 is 0 Å². The van der Waals surface area contributed by atoms with Crippen LogP contribution in [0, 0.1) is 13.8 Å². The molecule has 20 heavy (non-hydrogen) atoms. The summed E-state index contributed by atoms with van der Waals surface area (Å²) in [6.45, 7) is 6.13. The van der Waals surface area contributed by atoms with Gasteiger partial charge in [-0.1, -0.05) is 17.7 Å². The van der Waals surface area contributed by atoms with E-state index in [1.54, 1.807) is 7.05 Å². The van der Waals surface area contributed by atoms with Crippen LogP contribution in [0.25, 0.3) is 0 Å². The first-order valence-electron chi connectivity index (χ1n) is 6.90. The van der Waals surface area contributed by atoms with E-state index in [-0.39, 0.29) is 5.97 Å². The van der Waals surface area contributed by atoms with Gasteiger partial charge in [-0.3, -0.25) is 4.79 Å². The first kappa shape index (κ1) is 17.1. The molecule has 1 atom stereocenters. The van der Waals surface area contributed by atoms with Gasteiger partial charge in [0.05, 0.1) is 7.11 Å². The molecule has 0 aromatic heterocycles. The van der Waals surface area contributed by atoms with Gasteiger partial charge in [0.2, 0.25) is 0 Å². The van der Waals surface area contributed by atoms with E-state index in [1.807, 2.05) is 18.7 Å². The maximum absolute atomic E-state index is 11.7. The highest BCUT2D eigenvalue weighted by Crippen LogP contribution is 2.25. The summed E-state index contributed by atoms with van der Waals surface area (Å²) in [5.74, 6) is 0.801. The summed E-state index contributed by atoms with van der Waals surface area (Å²) in [6, 6.07) is 6.51. The van der Waals surface area contributed by atoms with E-state index < -0.39 is 5.54 Å². The predicted molar refractivity (Wildman–Crippen MR) is 85.4 cm³/mol. The molecule has 1 unspecified atom stereocenters. The number of rotatable bonds is 7. The van der Waals surface area contributed by atoms with Crippen LogP contribution in [0.1, 0.15) is 30.9 Å². The minimum absolute atomic E-state index is 0.197. The van der Waals surface area contributed by atoms with Crippen LogP contribution in [0.2, 0.25) is 0 Å². The molecule has 1 aromatic rings. The fourth-order valence-electron chi connectivity index (χ4n) is 2.03. The number of hydrogen-bond acceptors (Lipinski definition) is 4. The second-order valence-corrected chi connectivity index (χ2v) is 6.43. The second kappa shape index (κ2) is 7.70. The lowest BCUT2D eigenvalue weighted by Crippen LogP contribution is -2.48. The number of aryl methyl sites for hydroxylation is 2. The number of methoxy groups -OCH3 is 1. The third-order valence-electron chi connectivity index (χ3n) is 3.61. The van der Waals surface area contributed by atoms with Crippen LogP contribution in [0.4, 0.5) is 0 Å². The fraction of sp³-hybridized carbons (Fsp3) is 0.562. The van der Waals surface area contributed by atoms with Crippen molar-refractivity contribution in [1.29, 1.82) is 0 Å². The summed E-state index contributed by atoms with van der Waals surface area (Å²) in [6.07, 6.45) is 1.73. The highest BCUT2D eigenvalue weighted by molar-refractivity contribution is 7.99. The smallest absolute Gasteiger partial charge is 0.325 e. The molecule has 0 spiro atoms. The molecule has 1 aromatic carbocycles. The van der Waals surface area contributed by atoms with E-state index in [0.29, 0.717) is 0 Å². The molecule has 0 radical (unpaired) electrons. The molecule has 1 N–H and O–H groups in total. The number of nitrogens with one attached hydrogen (secondary N) is 1. The molecule has 0 bridgehead atoms. The maximum Gasteiger partial charge on any atom is 0.325 e. The molecular formula is C16H25NO2S. The monoisotopic (exact) mass is 295 g/mol. The van der Waals surface area contributed by atoms with E-state index in [2.05, 4.69) is 37.4 Å². The van der Waals surface area contributed by atoms with E-state index in [0.717, 1.165) is 18.6 Å². The second-order valence-electron chi connectivity index (χ2n) is 5.29. The SMILES string of the molecule is CNC(C)(CCCSc1cc(C)ccc1C)C(=O)OC. The lowest BCUT2D eigenvalue weighted by molar-refractivity contribution is -0.148. The van der Waals surface area contributed by atoms with Gasteiger partial charge in [0.25, 0.3) is 0 Å². The molecule has 0 aliphatic carbocycles. The van der Waals surface area contributed by atoms with Gasteiger partial charge in [-0.05, 0) is 58.0 Å². The standard InChI is InChI=1S/C16H25NO2S/c1-12-7-8-13(2)14(11-12)20-10-6-9-16(3,17-4)15(18)19-5/h7-8,11,17H,6,9-10H2,1-5H3. The Morgan fingerprint density at radius 1 is 1.40 bits per heavy atom. The van der Waals surface area contributed by atoms with Crippen molar-refractivity contribution in [2.75, 3.05) is 19.9 Å². The largest absolute Gasteiger partial charge is 0.468 e. The number of carbonyl (C=O) groups excluding carboxylic acids is 1. The molecule has 0 amide bonds. The van der Waals surface area contributed by atoms with E-state index in [4.69, 9.17) is 4.74 Å². The quantitative estimate of drug-likeness (QED) is 0.476. The molecule has 0 saturated carbocycles. The van der Waals surface area contributed by atoms with Crippen LogP contribution in [0.3, 0.4) is 0 Å². The molecule has 0 saturated heterocycles. The zero-order valence-electron chi connectivity index (χ0n) is 13.1. The topological polar surface area (TPSA) is 38.3 Å². The van der Waals surface area contributed by atoms with Crippen molar-refractivity contribution in [2.45, 2.75) is 44.0 Å². The van der Waals surface area contributed by atoms with Crippen molar-refractivity contribution in [3.05, 3.63) is 29.3 Å². The Balaban J connectivity index is 2.48. The highest BCUT2D eigenvalue weighted by atomic mass is 32.2. The van der Waals surface area contributed by atoms with Gasteiger partial charge in [0.15, 0.2) is 0 Å². The van der Waals surface area contributed by atoms with Gasteiger partial charge in [-0.15, -0.1) is 11.8 Å². The lowest BCUT2D eigenvalue weighted by Gasteiger charge is -2.25. The Bertz CT molecular complexity index is 462. The molecule has 3 nitrogen and oxygen atoms in total. The summed E-state index contributed by atoms with van der Waals surface area (Å²) in [5.41, 5.74) is 2.01. The van der Waals surface area contributed by atoms with Crippen molar-refractivity contribution in [3.8, 4) is 0 Å². The molecular weight excluding hydrogens is 270 g/mol. The average molecular weight is 295 g/mol. The Labute approximate surface area is 126 Å². The number of likely N-dealkylation sites (N-methyl/N-ethyl adjacent to an activating group) is 1. The molecule has 0 fully saturated rings. The summed E-state index contributed by atoms with van der Waals surface area (Å²) < 4.78 is 4.85. The van der Waals surface area contributed by atoms with Crippen LogP contribution in [0.5, 0.6) is 0 Å². The van der Waals surface area contributed by atoms with E-state index in [9.17, 15) is 4.79 Å². The van der Waals surface area contributed by atoms with Gasteiger partial charge in [-0.2, -0.15) is 0 Å². The molecule has 0 aliphatic heterocycles. The van der Waals surface area contributed by atoms with Crippen molar-refractivity contribution in [3.63, 3.8) is 0 Å². The Morgan fingerprint density at radius 2 is 2.10 bits per heavy atom. The first-order chi connectivity index (χ1) is 9.42. The van der Waals surface area contributed by atoms with Crippen molar-refractivity contribution in [1.82, 2.24) is 5.32 Å². The Hall–Kier alpha value is -1.00. The Kier molecular flexibility index (Phi) is 6.56. The molecule has 1 rings (SSSR count). The third-order valence-corrected chi connectivity index (χ3v) is 4.85. The summed E-state index contributed by atoms with van der Waals surface area (Å²) in [4.78, 5) is 13.1. The normalized spacial score (nSPS) is 13.8. The Morgan fingerprint density at radius 3 is 2.70 bits per heavy atom. The van der Waals surface area contributed by atoms with Crippen LogP contribution < -0.4 is 5.32 Å². The van der Waals surface area contributed by atoms with Gasteiger partial charge in [-0.25, -0.2) is 0 Å². The van der Waals surface area contributed by atoms with Crippen LogP contribution in [0.15, 0.2) is 23.1 Å². The number of ether oxygens (including phenoxy) is 1. The summed E-state index contributed by atoms with van der Waals surface area (Å²) in [7, 11) is 3.23.